The van der Waals surface area contributed by atoms with Crippen molar-refractivity contribution in [2.75, 3.05) is 30.8 Å². The Hall–Kier alpha value is -2.72. The Balaban J connectivity index is 1.88. The Morgan fingerprint density at radius 2 is 1.67 bits per heavy atom. The molecule has 0 unspecified atom stereocenters. The predicted molar refractivity (Wildman–Crippen MR) is 111 cm³/mol. The fourth-order valence-corrected chi connectivity index (χ4v) is 3.74. The van der Waals surface area contributed by atoms with E-state index >= 15 is 0 Å². The van der Waals surface area contributed by atoms with Gasteiger partial charge in [0.1, 0.15) is 5.75 Å². The molecule has 0 saturated carbocycles. The molecule has 0 fully saturated rings. The third-order valence-electron chi connectivity index (χ3n) is 4.21. The number of carbonyl (C=O) groups excluding carboxylic acids is 1. The summed E-state index contributed by atoms with van der Waals surface area (Å²) in [5, 5.41) is 5.52. The highest BCUT2D eigenvalue weighted by molar-refractivity contribution is 7.89. The largest absolute Gasteiger partial charge is 0.435 e. The van der Waals surface area contributed by atoms with E-state index in [4.69, 9.17) is 0 Å². The van der Waals surface area contributed by atoms with Crippen molar-refractivity contribution in [1.82, 2.24) is 4.31 Å². The van der Waals surface area contributed by atoms with Crippen molar-refractivity contribution < 1.29 is 26.7 Å². The lowest BCUT2D eigenvalue weighted by atomic mass is 10.3. The molecule has 2 rings (SSSR count). The Morgan fingerprint density at radius 1 is 1.07 bits per heavy atom. The molecule has 0 atom stereocenters. The molecule has 0 heterocycles. The van der Waals surface area contributed by atoms with E-state index in [0.717, 1.165) is 12.8 Å². The number of sulfonamides is 1. The Labute approximate surface area is 175 Å². The summed E-state index contributed by atoms with van der Waals surface area (Å²) in [4.78, 5) is 12.2. The zero-order valence-electron chi connectivity index (χ0n) is 16.8. The number of carbonyl (C=O) groups is 1. The third-order valence-corrected chi connectivity index (χ3v) is 6.08. The molecule has 164 valence electrons. The Bertz CT molecular complexity index is 920. The normalized spacial score (nSPS) is 11.5. The van der Waals surface area contributed by atoms with Gasteiger partial charge in [-0.1, -0.05) is 13.3 Å². The van der Waals surface area contributed by atoms with Crippen LogP contribution in [-0.4, -0.2) is 45.4 Å². The second-order valence-electron chi connectivity index (χ2n) is 6.51. The monoisotopic (exact) mass is 441 g/mol. The fourth-order valence-electron chi connectivity index (χ4n) is 2.53. The number of alkyl halides is 2. The highest BCUT2D eigenvalue weighted by atomic mass is 32.2. The number of amides is 1. The number of nitrogens with one attached hydrogen (secondary N) is 2. The molecule has 0 aliphatic heterocycles. The summed E-state index contributed by atoms with van der Waals surface area (Å²) in [5.41, 5.74) is 1.01. The Kier molecular flexibility index (Phi) is 8.55. The van der Waals surface area contributed by atoms with E-state index in [9.17, 15) is 22.0 Å². The van der Waals surface area contributed by atoms with E-state index in [1.807, 2.05) is 6.92 Å². The number of hydrogen-bond acceptors (Lipinski definition) is 5. The highest BCUT2D eigenvalue weighted by Crippen LogP contribution is 2.19. The van der Waals surface area contributed by atoms with Gasteiger partial charge in [0.25, 0.3) is 0 Å². The second-order valence-corrected chi connectivity index (χ2v) is 8.55. The van der Waals surface area contributed by atoms with E-state index in [1.165, 1.54) is 40.7 Å². The summed E-state index contributed by atoms with van der Waals surface area (Å²) < 4.78 is 54.8. The van der Waals surface area contributed by atoms with Crippen molar-refractivity contribution in [1.29, 1.82) is 0 Å². The predicted octanol–water partition coefficient (Wildman–Crippen LogP) is 3.76. The van der Waals surface area contributed by atoms with Gasteiger partial charge in [0, 0.05) is 25.0 Å². The molecule has 0 saturated heterocycles. The molecule has 0 radical (unpaired) electrons. The summed E-state index contributed by atoms with van der Waals surface area (Å²) in [6.45, 7) is -0.521. The lowest BCUT2D eigenvalue weighted by Gasteiger charge is -2.17. The number of anilines is 2. The maximum atomic E-state index is 12.5. The van der Waals surface area contributed by atoms with Crippen LogP contribution in [-0.2, 0) is 14.8 Å². The number of nitrogens with zero attached hydrogens (tertiary/aromatic N) is 1. The number of rotatable bonds is 11. The van der Waals surface area contributed by atoms with Gasteiger partial charge in [-0.25, -0.2) is 12.7 Å². The zero-order valence-corrected chi connectivity index (χ0v) is 17.6. The zero-order chi connectivity index (χ0) is 22.1. The summed E-state index contributed by atoms with van der Waals surface area (Å²) in [6.07, 6.45) is 1.69. The molecule has 1 amide bonds. The minimum atomic E-state index is -3.54. The molecule has 2 aromatic rings. The average Bonchev–Trinajstić information content (AvgIpc) is 2.71. The van der Waals surface area contributed by atoms with Crippen molar-refractivity contribution in [3.05, 3.63) is 48.5 Å². The van der Waals surface area contributed by atoms with Gasteiger partial charge in [-0.15, -0.1) is 0 Å². The summed E-state index contributed by atoms with van der Waals surface area (Å²) in [5.74, 6) is -0.356. The van der Waals surface area contributed by atoms with Gasteiger partial charge in [0.05, 0.1) is 11.4 Å². The molecule has 0 aliphatic rings. The van der Waals surface area contributed by atoms with E-state index in [2.05, 4.69) is 15.4 Å². The number of benzene rings is 2. The molecule has 0 spiro atoms. The molecule has 7 nitrogen and oxygen atoms in total. The maximum absolute atomic E-state index is 12.5. The van der Waals surface area contributed by atoms with Crippen LogP contribution in [0.4, 0.5) is 20.2 Å². The van der Waals surface area contributed by atoms with E-state index in [-0.39, 0.29) is 23.1 Å². The highest BCUT2D eigenvalue weighted by Gasteiger charge is 2.19. The van der Waals surface area contributed by atoms with Gasteiger partial charge in [-0.3, -0.25) is 4.79 Å². The van der Waals surface area contributed by atoms with Crippen LogP contribution >= 0.6 is 0 Å². The quantitative estimate of drug-likeness (QED) is 0.554. The molecular weight excluding hydrogens is 416 g/mol. The van der Waals surface area contributed by atoms with E-state index < -0.39 is 16.6 Å². The SMILES string of the molecule is CCCCN(C)S(=O)(=O)c1ccc(NCC(=O)Nc2ccc(OC(F)F)cc2)cc1. The van der Waals surface area contributed by atoms with Crippen LogP contribution < -0.4 is 15.4 Å². The lowest BCUT2D eigenvalue weighted by molar-refractivity contribution is -0.114. The van der Waals surface area contributed by atoms with Crippen LogP contribution in [0.1, 0.15) is 19.8 Å². The summed E-state index contributed by atoms with van der Waals surface area (Å²) >= 11 is 0. The molecule has 30 heavy (non-hydrogen) atoms. The van der Waals surface area contributed by atoms with Gasteiger partial charge in [0.2, 0.25) is 15.9 Å². The summed E-state index contributed by atoms with van der Waals surface area (Å²) in [6, 6.07) is 11.7. The standard InChI is InChI=1S/C20H25F2N3O4S/c1-3-4-13-25(2)30(27,28)18-11-7-15(8-12-18)23-14-19(26)24-16-5-9-17(10-6-16)29-20(21)22/h5-12,20,23H,3-4,13-14H2,1-2H3,(H,24,26). The van der Waals surface area contributed by atoms with Crippen LogP contribution in [0.15, 0.2) is 53.4 Å². The van der Waals surface area contributed by atoms with Gasteiger partial charge in [-0.05, 0) is 55.0 Å². The van der Waals surface area contributed by atoms with Crippen molar-refractivity contribution in [3.63, 3.8) is 0 Å². The third kappa shape index (κ3) is 6.96. The van der Waals surface area contributed by atoms with E-state index in [0.29, 0.717) is 17.9 Å². The second kappa shape index (κ2) is 10.9. The maximum Gasteiger partial charge on any atom is 0.387 e. The number of ether oxygens (including phenoxy) is 1. The smallest absolute Gasteiger partial charge is 0.387 e. The number of unbranched alkanes of at least 4 members (excludes halogenated alkanes) is 1. The van der Waals surface area contributed by atoms with Crippen LogP contribution in [0, 0.1) is 0 Å². The van der Waals surface area contributed by atoms with Crippen LogP contribution in [0.5, 0.6) is 5.75 Å². The van der Waals surface area contributed by atoms with Crippen molar-refractivity contribution in [3.8, 4) is 5.75 Å². The minimum Gasteiger partial charge on any atom is -0.435 e. The van der Waals surface area contributed by atoms with Gasteiger partial charge >= 0.3 is 6.61 Å². The first-order valence-corrected chi connectivity index (χ1v) is 10.8. The molecule has 2 aromatic carbocycles. The Morgan fingerprint density at radius 3 is 2.23 bits per heavy atom. The first-order chi connectivity index (χ1) is 14.2. The molecule has 10 heteroatoms. The molecule has 0 bridgehead atoms. The van der Waals surface area contributed by atoms with Crippen LogP contribution in [0.2, 0.25) is 0 Å². The molecule has 2 N–H and O–H groups in total. The number of halogens is 2. The van der Waals surface area contributed by atoms with Crippen LogP contribution in [0.3, 0.4) is 0 Å². The topological polar surface area (TPSA) is 87.7 Å². The molecular formula is C20H25F2N3O4S. The number of hydrogen-bond donors (Lipinski definition) is 2. The first-order valence-electron chi connectivity index (χ1n) is 9.37. The first kappa shape index (κ1) is 23.6. The summed E-state index contributed by atoms with van der Waals surface area (Å²) in [7, 11) is -1.99. The van der Waals surface area contributed by atoms with Crippen molar-refractivity contribution >= 4 is 27.3 Å². The van der Waals surface area contributed by atoms with Crippen molar-refractivity contribution in [2.45, 2.75) is 31.3 Å². The van der Waals surface area contributed by atoms with Gasteiger partial charge in [0.15, 0.2) is 0 Å². The average molecular weight is 442 g/mol. The van der Waals surface area contributed by atoms with Gasteiger partial charge < -0.3 is 15.4 Å². The molecule has 0 aromatic heterocycles. The van der Waals surface area contributed by atoms with Crippen molar-refractivity contribution in [2.24, 2.45) is 0 Å². The van der Waals surface area contributed by atoms with E-state index in [1.54, 1.807) is 19.2 Å². The lowest BCUT2D eigenvalue weighted by Crippen LogP contribution is -2.27. The molecule has 0 aliphatic carbocycles. The van der Waals surface area contributed by atoms with Gasteiger partial charge in [-0.2, -0.15) is 8.78 Å². The fraction of sp³-hybridized carbons (Fsp3) is 0.350. The minimum absolute atomic E-state index is 0.00324. The van der Waals surface area contributed by atoms with Crippen LogP contribution in [0.25, 0.3) is 0 Å².